The molecule has 3 rings (SSSR count). The Labute approximate surface area is 141 Å². The van der Waals surface area contributed by atoms with Crippen LogP contribution in [-0.2, 0) is 11.8 Å². The van der Waals surface area contributed by atoms with Gasteiger partial charge in [-0.1, -0.05) is 12.1 Å². The third kappa shape index (κ3) is 2.91. The molecular weight excluding hydrogens is 304 g/mol. The van der Waals surface area contributed by atoms with Gasteiger partial charge in [0.05, 0.1) is 23.5 Å². The molecule has 0 bridgehead atoms. The number of hydrogen-bond donors (Lipinski definition) is 1. The van der Waals surface area contributed by atoms with E-state index in [0.29, 0.717) is 24.2 Å². The summed E-state index contributed by atoms with van der Waals surface area (Å²) in [5, 5.41) is 7.24. The molecule has 2 aromatic rings. The molecule has 1 aromatic carbocycles. The minimum atomic E-state index is -0.180. The van der Waals surface area contributed by atoms with Crippen molar-refractivity contribution in [3.63, 3.8) is 0 Å². The molecule has 0 radical (unpaired) electrons. The van der Waals surface area contributed by atoms with Crippen LogP contribution < -0.4 is 10.2 Å². The van der Waals surface area contributed by atoms with Crippen molar-refractivity contribution in [1.82, 2.24) is 15.1 Å². The van der Waals surface area contributed by atoms with E-state index in [0.717, 1.165) is 17.7 Å². The average Bonchev–Trinajstić information content (AvgIpc) is 3.14. The Morgan fingerprint density at radius 3 is 2.71 bits per heavy atom. The van der Waals surface area contributed by atoms with Crippen molar-refractivity contribution < 1.29 is 9.59 Å². The van der Waals surface area contributed by atoms with E-state index in [4.69, 9.17) is 0 Å². The lowest BCUT2D eigenvalue weighted by Crippen LogP contribution is -2.31. The first-order chi connectivity index (χ1) is 11.5. The fourth-order valence-corrected chi connectivity index (χ4v) is 3.10. The molecule has 6 nitrogen and oxygen atoms in total. The summed E-state index contributed by atoms with van der Waals surface area (Å²) in [4.78, 5) is 26.5. The smallest absolute Gasteiger partial charge is 0.253 e. The molecule has 1 aliphatic rings. The van der Waals surface area contributed by atoms with E-state index in [1.54, 1.807) is 21.8 Å². The number of rotatable bonds is 4. The molecule has 0 saturated carbocycles. The van der Waals surface area contributed by atoms with Crippen LogP contribution in [0.1, 0.15) is 47.4 Å². The Morgan fingerprint density at radius 2 is 2.08 bits per heavy atom. The standard InChI is InChI=1S/C18H22N4O2/c1-12(15-11-19-21(3)13(15)2)20-18(24)14-7-4-5-8-16(14)22-10-6-9-17(22)23/h4-5,7-8,11-12H,6,9-10H2,1-3H3,(H,20,24). The summed E-state index contributed by atoms with van der Waals surface area (Å²) in [7, 11) is 1.88. The summed E-state index contributed by atoms with van der Waals surface area (Å²) in [6.07, 6.45) is 3.15. The second-order valence-corrected chi connectivity index (χ2v) is 6.17. The molecule has 1 unspecified atom stereocenters. The zero-order chi connectivity index (χ0) is 17.3. The largest absolute Gasteiger partial charge is 0.345 e. The van der Waals surface area contributed by atoms with Gasteiger partial charge in [0.1, 0.15) is 0 Å². The fourth-order valence-electron chi connectivity index (χ4n) is 3.10. The topological polar surface area (TPSA) is 67.2 Å². The van der Waals surface area contributed by atoms with Crippen LogP contribution in [-0.4, -0.2) is 28.1 Å². The second kappa shape index (κ2) is 6.47. The van der Waals surface area contributed by atoms with Gasteiger partial charge in [-0.25, -0.2) is 0 Å². The highest BCUT2D eigenvalue weighted by molar-refractivity contribution is 6.05. The molecule has 1 fully saturated rings. The number of carbonyl (C=O) groups is 2. The first-order valence-electron chi connectivity index (χ1n) is 8.17. The van der Waals surface area contributed by atoms with E-state index in [1.807, 2.05) is 39.1 Å². The Balaban J connectivity index is 1.83. The molecule has 0 spiro atoms. The van der Waals surface area contributed by atoms with E-state index in [1.165, 1.54) is 0 Å². The van der Waals surface area contributed by atoms with Gasteiger partial charge in [0, 0.05) is 31.3 Å². The maximum Gasteiger partial charge on any atom is 0.253 e. The lowest BCUT2D eigenvalue weighted by molar-refractivity contribution is -0.117. The Morgan fingerprint density at radius 1 is 1.33 bits per heavy atom. The SMILES string of the molecule is Cc1c(C(C)NC(=O)c2ccccc2N2CCCC2=O)cnn1C. The van der Waals surface area contributed by atoms with E-state index < -0.39 is 0 Å². The molecule has 2 amide bonds. The number of para-hydroxylation sites is 1. The number of carbonyl (C=O) groups excluding carboxylic acids is 2. The summed E-state index contributed by atoms with van der Waals surface area (Å²) in [5.74, 6) is -0.104. The van der Waals surface area contributed by atoms with Crippen LogP contribution in [0.3, 0.4) is 0 Å². The van der Waals surface area contributed by atoms with E-state index in [9.17, 15) is 9.59 Å². The highest BCUT2D eigenvalue weighted by Gasteiger charge is 2.26. The van der Waals surface area contributed by atoms with Crippen molar-refractivity contribution in [3.8, 4) is 0 Å². The first-order valence-corrected chi connectivity index (χ1v) is 8.17. The van der Waals surface area contributed by atoms with Crippen LogP contribution in [0.15, 0.2) is 30.5 Å². The molecule has 1 N–H and O–H groups in total. The molecule has 0 aliphatic carbocycles. The molecule has 1 aromatic heterocycles. The van der Waals surface area contributed by atoms with Gasteiger partial charge in [0.25, 0.3) is 5.91 Å². The Hall–Kier alpha value is -2.63. The minimum Gasteiger partial charge on any atom is -0.345 e. The van der Waals surface area contributed by atoms with Crippen LogP contribution in [0.2, 0.25) is 0 Å². The summed E-state index contributed by atoms with van der Waals surface area (Å²) in [5.41, 5.74) is 3.22. The van der Waals surface area contributed by atoms with Gasteiger partial charge in [0.2, 0.25) is 5.91 Å². The summed E-state index contributed by atoms with van der Waals surface area (Å²) < 4.78 is 1.79. The van der Waals surface area contributed by atoms with Crippen LogP contribution in [0.4, 0.5) is 5.69 Å². The fraction of sp³-hybridized carbons (Fsp3) is 0.389. The van der Waals surface area contributed by atoms with E-state index >= 15 is 0 Å². The maximum atomic E-state index is 12.8. The van der Waals surface area contributed by atoms with Gasteiger partial charge in [-0.15, -0.1) is 0 Å². The van der Waals surface area contributed by atoms with Crippen molar-refractivity contribution in [2.75, 3.05) is 11.4 Å². The highest BCUT2D eigenvalue weighted by atomic mass is 16.2. The number of anilines is 1. The average molecular weight is 326 g/mol. The van der Waals surface area contributed by atoms with Crippen LogP contribution >= 0.6 is 0 Å². The van der Waals surface area contributed by atoms with Crippen LogP contribution in [0.5, 0.6) is 0 Å². The van der Waals surface area contributed by atoms with Crippen molar-refractivity contribution in [2.24, 2.45) is 7.05 Å². The van der Waals surface area contributed by atoms with Gasteiger partial charge in [-0.3, -0.25) is 14.3 Å². The van der Waals surface area contributed by atoms with Crippen molar-refractivity contribution in [2.45, 2.75) is 32.7 Å². The normalized spacial score (nSPS) is 15.6. The number of benzene rings is 1. The molecule has 6 heteroatoms. The van der Waals surface area contributed by atoms with Gasteiger partial charge in [0.15, 0.2) is 0 Å². The number of nitrogens with zero attached hydrogens (tertiary/aromatic N) is 3. The molecule has 24 heavy (non-hydrogen) atoms. The Bertz CT molecular complexity index is 781. The van der Waals surface area contributed by atoms with Crippen molar-refractivity contribution in [3.05, 3.63) is 47.3 Å². The number of amides is 2. The summed E-state index contributed by atoms with van der Waals surface area (Å²) in [6, 6.07) is 7.11. The van der Waals surface area contributed by atoms with Crippen molar-refractivity contribution >= 4 is 17.5 Å². The monoisotopic (exact) mass is 326 g/mol. The maximum absolute atomic E-state index is 12.8. The predicted molar refractivity (Wildman–Crippen MR) is 91.9 cm³/mol. The molecule has 1 atom stereocenters. The minimum absolute atomic E-state index is 0.0754. The van der Waals surface area contributed by atoms with Gasteiger partial charge < -0.3 is 10.2 Å². The number of aromatic nitrogens is 2. The zero-order valence-electron chi connectivity index (χ0n) is 14.2. The Kier molecular flexibility index (Phi) is 4.38. The predicted octanol–water partition coefficient (Wildman–Crippen LogP) is 2.35. The van der Waals surface area contributed by atoms with E-state index in [2.05, 4.69) is 10.4 Å². The first kappa shape index (κ1) is 16.2. The van der Waals surface area contributed by atoms with E-state index in [-0.39, 0.29) is 17.9 Å². The van der Waals surface area contributed by atoms with Gasteiger partial charge >= 0.3 is 0 Å². The molecule has 2 heterocycles. The molecular formula is C18H22N4O2. The molecule has 126 valence electrons. The van der Waals surface area contributed by atoms with Crippen LogP contribution in [0.25, 0.3) is 0 Å². The molecule has 1 aliphatic heterocycles. The number of aryl methyl sites for hydroxylation is 1. The summed E-state index contributed by atoms with van der Waals surface area (Å²) >= 11 is 0. The lowest BCUT2D eigenvalue weighted by Gasteiger charge is -2.20. The lowest BCUT2D eigenvalue weighted by atomic mass is 10.1. The van der Waals surface area contributed by atoms with Crippen molar-refractivity contribution in [1.29, 1.82) is 0 Å². The third-order valence-corrected chi connectivity index (χ3v) is 4.60. The number of hydrogen-bond acceptors (Lipinski definition) is 3. The second-order valence-electron chi connectivity index (χ2n) is 6.17. The van der Waals surface area contributed by atoms with Gasteiger partial charge in [-0.05, 0) is 32.4 Å². The summed E-state index contributed by atoms with van der Waals surface area (Å²) in [6.45, 7) is 4.58. The van der Waals surface area contributed by atoms with Gasteiger partial charge in [-0.2, -0.15) is 5.10 Å². The number of nitrogens with one attached hydrogen (secondary N) is 1. The van der Waals surface area contributed by atoms with Crippen LogP contribution in [0, 0.1) is 6.92 Å². The third-order valence-electron chi connectivity index (χ3n) is 4.60. The molecule has 1 saturated heterocycles. The highest BCUT2D eigenvalue weighted by Crippen LogP contribution is 2.26. The quantitative estimate of drug-likeness (QED) is 0.938. The zero-order valence-corrected chi connectivity index (χ0v) is 14.2.